The van der Waals surface area contributed by atoms with Crippen LogP contribution in [0.15, 0.2) is 0 Å². The van der Waals surface area contributed by atoms with Crippen molar-refractivity contribution in [3.63, 3.8) is 0 Å². The molecule has 7 N–H and O–H groups in total. The summed E-state index contributed by atoms with van der Waals surface area (Å²) in [4.78, 5) is 0. The number of aliphatic hydroxyl groups is 3. The van der Waals surface area contributed by atoms with Gasteiger partial charge in [-0.15, -0.1) is 0 Å². The third kappa shape index (κ3) is 20.9. The fourth-order valence-corrected chi connectivity index (χ4v) is 3.92. The van der Waals surface area contributed by atoms with Crippen molar-refractivity contribution in [1.29, 1.82) is 0 Å². The quantitative estimate of drug-likeness (QED) is 0.134. The fourth-order valence-electron chi connectivity index (χ4n) is 3.92. The maximum absolute atomic E-state index is 9.21. The van der Waals surface area contributed by atoms with Gasteiger partial charge < -0.3 is 26.8 Å². The Morgan fingerprint density at radius 3 is 1.20 bits per heavy atom. The van der Waals surface area contributed by atoms with Gasteiger partial charge in [0.1, 0.15) is 0 Å². The molecular formula is C23H52F2N2O3. The first kappa shape index (κ1) is 34.3. The van der Waals surface area contributed by atoms with Gasteiger partial charge >= 0.3 is 0 Å². The Morgan fingerprint density at radius 1 is 0.633 bits per heavy atom. The van der Waals surface area contributed by atoms with Gasteiger partial charge in [0.2, 0.25) is 0 Å². The van der Waals surface area contributed by atoms with E-state index in [1.807, 2.05) is 0 Å². The number of unbranched alkanes of at least 4 members (excludes halogenated alkanes) is 15. The standard InChI is InChI=1S/C23H50N2O3.2FH/c1-3-4-5-6-7-8-9-10-11-12-13-14-15-16-17-18-19-22(25,21(2)24)20-23(26,27)28;;/h21,26-28H,3-20,24-25H2,1-2H3;2*1H. The molecule has 30 heavy (non-hydrogen) atoms. The molecule has 0 bridgehead atoms. The van der Waals surface area contributed by atoms with E-state index in [1.54, 1.807) is 6.92 Å². The fraction of sp³-hybridized carbons (Fsp3) is 1.00. The van der Waals surface area contributed by atoms with E-state index in [1.165, 1.54) is 89.9 Å². The van der Waals surface area contributed by atoms with Crippen LogP contribution in [0.5, 0.6) is 0 Å². The van der Waals surface area contributed by atoms with E-state index in [9.17, 15) is 15.3 Å². The molecule has 2 atom stereocenters. The number of halogens is 2. The summed E-state index contributed by atoms with van der Waals surface area (Å²) in [5.74, 6) is -2.75. The Morgan fingerprint density at radius 2 is 0.933 bits per heavy atom. The van der Waals surface area contributed by atoms with E-state index < -0.39 is 17.6 Å². The lowest BCUT2D eigenvalue weighted by atomic mass is 9.83. The summed E-state index contributed by atoms with van der Waals surface area (Å²) in [5.41, 5.74) is 11.1. The summed E-state index contributed by atoms with van der Waals surface area (Å²) in [6.07, 6.45) is 21.2. The second kappa shape index (κ2) is 20.6. The zero-order valence-corrected chi connectivity index (χ0v) is 19.6. The van der Waals surface area contributed by atoms with Crippen molar-refractivity contribution in [3.05, 3.63) is 0 Å². The largest absolute Gasteiger partial charge is 0.344 e. The average Bonchev–Trinajstić information content (AvgIpc) is 2.59. The highest BCUT2D eigenvalue weighted by molar-refractivity contribution is 4.93. The van der Waals surface area contributed by atoms with Crippen molar-refractivity contribution < 1.29 is 24.7 Å². The van der Waals surface area contributed by atoms with Crippen molar-refractivity contribution in [2.45, 2.75) is 147 Å². The summed E-state index contributed by atoms with van der Waals surface area (Å²) in [6.45, 7) is 4.02. The minimum Gasteiger partial charge on any atom is -0.344 e. The lowest BCUT2D eigenvalue weighted by Gasteiger charge is -2.36. The van der Waals surface area contributed by atoms with Crippen LogP contribution in [0.25, 0.3) is 0 Å². The maximum atomic E-state index is 9.21. The molecule has 0 saturated carbocycles. The van der Waals surface area contributed by atoms with E-state index in [4.69, 9.17) is 11.5 Å². The zero-order chi connectivity index (χ0) is 21.3. The zero-order valence-electron chi connectivity index (χ0n) is 19.6. The first-order valence-electron chi connectivity index (χ1n) is 11.9. The molecule has 5 nitrogen and oxygen atoms in total. The molecular weight excluding hydrogens is 390 g/mol. The first-order valence-corrected chi connectivity index (χ1v) is 11.9. The Kier molecular flexibility index (Phi) is 23.5. The van der Waals surface area contributed by atoms with E-state index in [2.05, 4.69) is 6.92 Å². The number of nitrogens with two attached hydrogens (primary N) is 2. The van der Waals surface area contributed by atoms with Crippen LogP contribution in [0, 0.1) is 0 Å². The predicted octanol–water partition coefficient (Wildman–Crippen LogP) is 5.01. The Labute approximate surface area is 183 Å². The van der Waals surface area contributed by atoms with Gasteiger partial charge in [-0.3, -0.25) is 9.41 Å². The molecule has 0 aromatic heterocycles. The molecule has 186 valence electrons. The first-order chi connectivity index (χ1) is 13.2. The molecule has 2 unspecified atom stereocenters. The van der Waals surface area contributed by atoms with Gasteiger partial charge in [-0.2, -0.15) is 0 Å². The molecule has 0 radical (unpaired) electrons. The topological polar surface area (TPSA) is 113 Å². The Bertz CT molecular complexity index is 356. The lowest BCUT2D eigenvalue weighted by Crippen LogP contribution is -2.58. The summed E-state index contributed by atoms with van der Waals surface area (Å²) < 4.78 is 0. The van der Waals surface area contributed by atoms with E-state index in [0.29, 0.717) is 6.42 Å². The van der Waals surface area contributed by atoms with Crippen molar-refractivity contribution in [2.24, 2.45) is 11.5 Å². The smallest absolute Gasteiger partial charge is 0.277 e. The molecule has 0 aromatic carbocycles. The van der Waals surface area contributed by atoms with Crippen LogP contribution in [-0.2, 0) is 0 Å². The van der Waals surface area contributed by atoms with Crippen molar-refractivity contribution in [1.82, 2.24) is 0 Å². The molecule has 0 aromatic rings. The maximum Gasteiger partial charge on any atom is 0.277 e. The van der Waals surface area contributed by atoms with Crippen LogP contribution >= 0.6 is 0 Å². The van der Waals surface area contributed by atoms with Crippen molar-refractivity contribution in [2.75, 3.05) is 0 Å². The molecule has 0 spiro atoms. The van der Waals surface area contributed by atoms with E-state index >= 15 is 0 Å². The van der Waals surface area contributed by atoms with Crippen LogP contribution in [0.3, 0.4) is 0 Å². The Balaban J connectivity index is -0.00000364. The summed E-state index contributed by atoms with van der Waals surface area (Å²) >= 11 is 0. The number of hydrogen-bond acceptors (Lipinski definition) is 5. The van der Waals surface area contributed by atoms with Crippen LogP contribution < -0.4 is 11.5 Å². The molecule has 0 rings (SSSR count). The van der Waals surface area contributed by atoms with Gasteiger partial charge in [0, 0.05) is 18.0 Å². The molecule has 0 aliphatic carbocycles. The highest BCUT2D eigenvalue weighted by atomic mass is 19.0. The molecule has 0 amide bonds. The van der Waals surface area contributed by atoms with E-state index in [-0.39, 0.29) is 15.8 Å². The molecule has 0 aliphatic rings. The number of hydrogen-bond donors (Lipinski definition) is 5. The SMILES string of the molecule is CCCCCCCCCCCCCCCCCCC(N)(CC(O)(O)O)C(C)N.F.F. The van der Waals surface area contributed by atoms with E-state index in [0.717, 1.165) is 12.8 Å². The van der Waals surface area contributed by atoms with Crippen LogP contribution in [0.4, 0.5) is 9.41 Å². The Hall–Kier alpha value is -0.340. The average molecular weight is 443 g/mol. The third-order valence-electron chi connectivity index (χ3n) is 5.97. The highest BCUT2D eigenvalue weighted by Gasteiger charge is 2.37. The van der Waals surface area contributed by atoms with Crippen molar-refractivity contribution in [3.8, 4) is 0 Å². The molecule has 0 fully saturated rings. The molecule has 0 heterocycles. The lowest BCUT2D eigenvalue weighted by molar-refractivity contribution is -0.321. The molecule has 0 saturated heterocycles. The minimum atomic E-state index is -2.75. The normalized spacial score (nSPS) is 14.5. The molecule has 0 aliphatic heterocycles. The monoisotopic (exact) mass is 442 g/mol. The second-order valence-electron chi connectivity index (χ2n) is 9.03. The van der Waals surface area contributed by atoms with Crippen molar-refractivity contribution >= 4 is 0 Å². The summed E-state index contributed by atoms with van der Waals surface area (Å²) in [7, 11) is 0. The molecule has 7 heteroatoms. The third-order valence-corrected chi connectivity index (χ3v) is 5.97. The van der Waals surface area contributed by atoms with Crippen LogP contribution in [-0.4, -0.2) is 32.9 Å². The summed E-state index contributed by atoms with van der Waals surface area (Å²) in [5, 5.41) is 27.6. The minimum absolute atomic E-state index is 0. The predicted molar refractivity (Wildman–Crippen MR) is 124 cm³/mol. The van der Waals surface area contributed by atoms with Gasteiger partial charge in [-0.1, -0.05) is 110 Å². The number of rotatable bonds is 20. The van der Waals surface area contributed by atoms with Crippen LogP contribution in [0.2, 0.25) is 0 Å². The van der Waals surface area contributed by atoms with Gasteiger partial charge in [-0.05, 0) is 13.3 Å². The van der Waals surface area contributed by atoms with Gasteiger partial charge in [0.25, 0.3) is 5.97 Å². The highest BCUT2D eigenvalue weighted by Crippen LogP contribution is 2.24. The summed E-state index contributed by atoms with van der Waals surface area (Å²) in [6, 6.07) is -0.408. The van der Waals surface area contributed by atoms with Crippen LogP contribution in [0.1, 0.15) is 129 Å². The van der Waals surface area contributed by atoms with Gasteiger partial charge in [0.05, 0.1) is 0 Å². The van der Waals surface area contributed by atoms with Gasteiger partial charge in [-0.25, -0.2) is 0 Å². The second-order valence-corrected chi connectivity index (χ2v) is 9.03. The van der Waals surface area contributed by atoms with Gasteiger partial charge in [0.15, 0.2) is 0 Å².